The SMILES string of the molecule is CC(C)NCCS(=O)(=O)N(C)C(C)c1ccccc1F. The quantitative estimate of drug-likeness (QED) is 0.839. The van der Waals surface area contributed by atoms with E-state index in [0.29, 0.717) is 12.1 Å². The molecular formula is C14H23FN2O2S. The van der Waals surface area contributed by atoms with E-state index in [1.165, 1.54) is 17.4 Å². The molecule has 0 aromatic heterocycles. The molecule has 1 aromatic carbocycles. The second-order valence-electron chi connectivity index (χ2n) is 5.14. The van der Waals surface area contributed by atoms with E-state index in [1.807, 2.05) is 13.8 Å². The summed E-state index contributed by atoms with van der Waals surface area (Å²) in [5.74, 6) is -0.386. The zero-order valence-electron chi connectivity index (χ0n) is 12.4. The van der Waals surface area contributed by atoms with E-state index in [0.717, 1.165) is 0 Å². The standard InChI is InChI=1S/C14H23FN2O2S/c1-11(2)16-9-10-20(18,19)17(4)12(3)13-7-5-6-8-14(13)15/h5-8,11-12,16H,9-10H2,1-4H3. The van der Waals surface area contributed by atoms with Gasteiger partial charge in [-0.2, -0.15) is 4.31 Å². The first-order valence-electron chi connectivity index (χ1n) is 6.69. The monoisotopic (exact) mass is 302 g/mol. The van der Waals surface area contributed by atoms with Crippen LogP contribution in [0.25, 0.3) is 0 Å². The molecule has 0 bridgehead atoms. The summed E-state index contributed by atoms with van der Waals surface area (Å²) in [7, 11) is -1.93. The van der Waals surface area contributed by atoms with Crippen LogP contribution >= 0.6 is 0 Å². The second-order valence-corrected chi connectivity index (χ2v) is 7.29. The lowest BCUT2D eigenvalue weighted by atomic mass is 10.1. The van der Waals surface area contributed by atoms with Crippen LogP contribution in [0.2, 0.25) is 0 Å². The van der Waals surface area contributed by atoms with Crippen molar-refractivity contribution in [3.8, 4) is 0 Å². The summed E-state index contributed by atoms with van der Waals surface area (Å²) in [5.41, 5.74) is 0.385. The van der Waals surface area contributed by atoms with E-state index in [1.54, 1.807) is 25.1 Å². The number of hydrogen-bond donors (Lipinski definition) is 1. The van der Waals surface area contributed by atoms with E-state index in [-0.39, 0.29) is 17.6 Å². The van der Waals surface area contributed by atoms with Gasteiger partial charge in [0.1, 0.15) is 5.82 Å². The topological polar surface area (TPSA) is 49.4 Å². The van der Waals surface area contributed by atoms with Gasteiger partial charge in [0, 0.05) is 31.2 Å². The lowest BCUT2D eigenvalue weighted by Gasteiger charge is -2.25. The van der Waals surface area contributed by atoms with Gasteiger partial charge in [-0.05, 0) is 13.0 Å². The molecule has 0 amide bonds. The van der Waals surface area contributed by atoms with Crippen LogP contribution in [0.3, 0.4) is 0 Å². The summed E-state index contributed by atoms with van der Waals surface area (Å²) in [6.45, 7) is 5.98. The molecule has 1 atom stereocenters. The maximum absolute atomic E-state index is 13.7. The third kappa shape index (κ3) is 4.54. The number of nitrogens with one attached hydrogen (secondary N) is 1. The molecule has 114 valence electrons. The van der Waals surface area contributed by atoms with Crippen molar-refractivity contribution in [2.75, 3.05) is 19.3 Å². The van der Waals surface area contributed by atoms with Crippen molar-refractivity contribution in [1.29, 1.82) is 0 Å². The lowest BCUT2D eigenvalue weighted by Crippen LogP contribution is -2.37. The van der Waals surface area contributed by atoms with Crippen molar-refractivity contribution in [2.24, 2.45) is 0 Å². The van der Waals surface area contributed by atoms with Crippen LogP contribution in [0.15, 0.2) is 24.3 Å². The van der Waals surface area contributed by atoms with Gasteiger partial charge in [0.2, 0.25) is 10.0 Å². The zero-order chi connectivity index (χ0) is 15.3. The lowest BCUT2D eigenvalue weighted by molar-refractivity contribution is 0.386. The first-order valence-corrected chi connectivity index (χ1v) is 8.30. The third-order valence-electron chi connectivity index (χ3n) is 3.25. The molecule has 0 aliphatic rings. The maximum Gasteiger partial charge on any atom is 0.215 e. The highest BCUT2D eigenvalue weighted by molar-refractivity contribution is 7.89. The maximum atomic E-state index is 13.7. The van der Waals surface area contributed by atoms with Gasteiger partial charge in [-0.15, -0.1) is 0 Å². The molecule has 0 aliphatic carbocycles. The Bertz CT molecular complexity index is 532. The summed E-state index contributed by atoms with van der Waals surface area (Å²) in [5, 5.41) is 3.07. The molecule has 0 saturated carbocycles. The highest BCUT2D eigenvalue weighted by atomic mass is 32.2. The number of rotatable bonds is 7. The van der Waals surface area contributed by atoms with Crippen molar-refractivity contribution >= 4 is 10.0 Å². The molecule has 0 fully saturated rings. The Morgan fingerprint density at radius 3 is 2.40 bits per heavy atom. The summed E-state index contributed by atoms with van der Waals surface area (Å²) in [4.78, 5) is 0. The molecule has 20 heavy (non-hydrogen) atoms. The predicted octanol–water partition coefficient (Wildman–Crippen LogP) is 2.15. The molecule has 0 spiro atoms. The fraction of sp³-hybridized carbons (Fsp3) is 0.571. The number of hydrogen-bond acceptors (Lipinski definition) is 3. The van der Waals surface area contributed by atoms with Gasteiger partial charge >= 0.3 is 0 Å². The van der Waals surface area contributed by atoms with Crippen molar-refractivity contribution in [1.82, 2.24) is 9.62 Å². The fourth-order valence-corrected chi connectivity index (χ4v) is 3.13. The molecule has 1 unspecified atom stereocenters. The van der Waals surface area contributed by atoms with Crippen LogP contribution in [0.5, 0.6) is 0 Å². The highest BCUT2D eigenvalue weighted by Gasteiger charge is 2.25. The summed E-state index contributed by atoms with van der Waals surface area (Å²) < 4.78 is 39.3. The number of halogens is 1. The zero-order valence-corrected chi connectivity index (χ0v) is 13.2. The Balaban J connectivity index is 2.78. The van der Waals surface area contributed by atoms with Crippen LogP contribution < -0.4 is 5.32 Å². The van der Waals surface area contributed by atoms with E-state index < -0.39 is 16.1 Å². The van der Waals surface area contributed by atoms with Crippen LogP contribution in [0.1, 0.15) is 32.4 Å². The van der Waals surface area contributed by atoms with Crippen molar-refractivity contribution in [3.63, 3.8) is 0 Å². The average molecular weight is 302 g/mol. The van der Waals surface area contributed by atoms with E-state index in [4.69, 9.17) is 0 Å². The molecule has 0 heterocycles. The third-order valence-corrected chi connectivity index (χ3v) is 5.17. The van der Waals surface area contributed by atoms with E-state index >= 15 is 0 Å². The van der Waals surface area contributed by atoms with Crippen molar-refractivity contribution in [3.05, 3.63) is 35.6 Å². The molecule has 0 saturated heterocycles. The van der Waals surface area contributed by atoms with Gasteiger partial charge in [-0.3, -0.25) is 0 Å². The van der Waals surface area contributed by atoms with Gasteiger partial charge in [-0.1, -0.05) is 32.0 Å². The van der Waals surface area contributed by atoms with Crippen molar-refractivity contribution in [2.45, 2.75) is 32.9 Å². The van der Waals surface area contributed by atoms with Gasteiger partial charge in [0.15, 0.2) is 0 Å². The minimum Gasteiger partial charge on any atom is -0.313 e. The summed E-state index contributed by atoms with van der Waals surface area (Å²) in [6.07, 6.45) is 0. The van der Waals surface area contributed by atoms with Crippen LogP contribution in [0.4, 0.5) is 4.39 Å². The summed E-state index contributed by atoms with van der Waals surface area (Å²) >= 11 is 0. The second kappa shape index (κ2) is 7.15. The minimum absolute atomic E-state index is 0.000469. The van der Waals surface area contributed by atoms with Gasteiger partial charge < -0.3 is 5.32 Å². The van der Waals surface area contributed by atoms with Gasteiger partial charge in [-0.25, -0.2) is 12.8 Å². The van der Waals surface area contributed by atoms with Crippen LogP contribution in [-0.4, -0.2) is 38.1 Å². The van der Waals surface area contributed by atoms with Gasteiger partial charge in [0.25, 0.3) is 0 Å². The fourth-order valence-electron chi connectivity index (χ4n) is 1.87. The molecular weight excluding hydrogens is 279 g/mol. The van der Waals surface area contributed by atoms with Crippen molar-refractivity contribution < 1.29 is 12.8 Å². The Labute approximate surface area is 121 Å². The summed E-state index contributed by atoms with van der Waals surface area (Å²) in [6, 6.07) is 5.95. The molecule has 6 heteroatoms. The number of sulfonamides is 1. The van der Waals surface area contributed by atoms with Gasteiger partial charge in [0.05, 0.1) is 5.75 Å². The molecule has 4 nitrogen and oxygen atoms in total. The Morgan fingerprint density at radius 2 is 1.85 bits per heavy atom. The average Bonchev–Trinajstić information content (AvgIpc) is 2.37. The Hall–Kier alpha value is -0.980. The Kier molecular flexibility index (Phi) is 6.10. The largest absolute Gasteiger partial charge is 0.313 e. The van der Waals surface area contributed by atoms with Crippen LogP contribution in [0, 0.1) is 5.82 Å². The molecule has 0 radical (unpaired) electrons. The molecule has 1 aromatic rings. The normalized spacial score (nSPS) is 13.9. The highest BCUT2D eigenvalue weighted by Crippen LogP contribution is 2.23. The number of nitrogens with zero attached hydrogens (tertiary/aromatic N) is 1. The number of benzene rings is 1. The smallest absolute Gasteiger partial charge is 0.215 e. The first kappa shape index (κ1) is 17.1. The Morgan fingerprint density at radius 1 is 1.25 bits per heavy atom. The predicted molar refractivity (Wildman–Crippen MR) is 79.5 cm³/mol. The van der Waals surface area contributed by atoms with E-state index in [2.05, 4.69) is 5.32 Å². The molecule has 0 aliphatic heterocycles. The van der Waals surface area contributed by atoms with Crippen LogP contribution in [-0.2, 0) is 10.0 Å². The first-order chi connectivity index (χ1) is 9.25. The molecule has 1 rings (SSSR count). The van der Waals surface area contributed by atoms with E-state index in [9.17, 15) is 12.8 Å². The minimum atomic E-state index is -3.42. The molecule has 1 N–H and O–H groups in total.